The molecule has 0 saturated heterocycles. The number of rotatable bonds is 9. The number of hydrogen-bond donors (Lipinski definition) is 0. The van der Waals surface area contributed by atoms with E-state index in [2.05, 4.69) is 53.4 Å². The van der Waals surface area contributed by atoms with Gasteiger partial charge in [0, 0.05) is 31.3 Å². The second-order valence-corrected chi connectivity index (χ2v) is 7.99. The van der Waals surface area contributed by atoms with Gasteiger partial charge in [-0.05, 0) is 60.1 Å². The minimum atomic E-state index is -0.318. The molecule has 0 radical (unpaired) electrons. The number of halogens is 1. The van der Waals surface area contributed by atoms with E-state index in [1.807, 2.05) is 0 Å². The second-order valence-electron chi connectivity index (χ2n) is 7.99. The largest absolute Gasteiger partial charge is 0.489 e. The summed E-state index contributed by atoms with van der Waals surface area (Å²) >= 11 is 0. The van der Waals surface area contributed by atoms with Gasteiger partial charge in [-0.15, -0.1) is 0 Å². The zero-order valence-corrected chi connectivity index (χ0v) is 17.7. The van der Waals surface area contributed by atoms with E-state index >= 15 is 0 Å². The van der Waals surface area contributed by atoms with Crippen molar-refractivity contribution in [3.63, 3.8) is 0 Å². The molecule has 3 aromatic carbocycles. The van der Waals surface area contributed by atoms with Gasteiger partial charge in [-0.3, -0.25) is 0 Å². The minimum absolute atomic E-state index is 0.318. The molecule has 0 amide bonds. The van der Waals surface area contributed by atoms with Crippen LogP contribution >= 0.6 is 0 Å². The van der Waals surface area contributed by atoms with Gasteiger partial charge in [-0.25, -0.2) is 4.39 Å². The van der Waals surface area contributed by atoms with E-state index in [-0.39, 0.29) is 5.82 Å². The first-order chi connectivity index (χ1) is 15.2. The van der Waals surface area contributed by atoms with Crippen molar-refractivity contribution < 1.29 is 13.9 Å². The van der Waals surface area contributed by atoms with Crippen LogP contribution in [-0.4, -0.2) is 19.4 Å². The Morgan fingerprint density at radius 1 is 0.968 bits per heavy atom. The minimum Gasteiger partial charge on any atom is -0.489 e. The Morgan fingerprint density at radius 2 is 1.84 bits per heavy atom. The van der Waals surface area contributed by atoms with E-state index in [9.17, 15) is 9.18 Å². The molecule has 160 valence electrons. The van der Waals surface area contributed by atoms with Crippen LogP contribution in [0.1, 0.15) is 35.1 Å². The topological polar surface area (TPSA) is 29.5 Å². The van der Waals surface area contributed by atoms with Crippen molar-refractivity contribution in [2.75, 3.05) is 18.0 Å². The molecule has 1 aliphatic heterocycles. The lowest BCUT2D eigenvalue weighted by Crippen LogP contribution is -2.31. The zero-order chi connectivity index (χ0) is 21.5. The van der Waals surface area contributed by atoms with Gasteiger partial charge in [-0.2, -0.15) is 0 Å². The maximum absolute atomic E-state index is 14.2. The molecule has 0 unspecified atom stereocenters. The molecule has 0 aliphatic carbocycles. The molecular weight excluding hydrogens is 389 g/mol. The number of nitrogens with zero attached hydrogens (tertiary/aromatic N) is 1. The number of carbonyl (C=O) groups excluding carboxylic acids is 1. The molecule has 3 aromatic rings. The third-order valence-corrected chi connectivity index (χ3v) is 5.91. The van der Waals surface area contributed by atoms with Gasteiger partial charge in [-0.1, -0.05) is 48.5 Å². The van der Waals surface area contributed by atoms with E-state index in [1.165, 1.54) is 22.9 Å². The number of anilines is 1. The molecule has 0 N–H and O–H groups in total. The summed E-state index contributed by atoms with van der Waals surface area (Å²) in [5.41, 5.74) is 5.69. The van der Waals surface area contributed by atoms with Crippen molar-refractivity contribution in [3.8, 4) is 5.75 Å². The summed E-state index contributed by atoms with van der Waals surface area (Å²) < 4.78 is 20.2. The summed E-state index contributed by atoms with van der Waals surface area (Å²) in [7, 11) is 0. The molecule has 1 aliphatic rings. The van der Waals surface area contributed by atoms with Crippen LogP contribution < -0.4 is 9.64 Å². The Morgan fingerprint density at radius 3 is 2.65 bits per heavy atom. The third-order valence-electron chi connectivity index (χ3n) is 5.91. The van der Waals surface area contributed by atoms with Gasteiger partial charge in [0.2, 0.25) is 0 Å². The Bertz CT molecular complexity index is 1020. The second kappa shape index (κ2) is 10.3. The molecule has 0 spiro atoms. The normalized spacial score (nSPS) is 13.0. The molecular formula is C27H28FNO2. The van der Waals surface area contributed by atoms with Crippen molar-refractivity contribution in [3.05, 3.63) is 94.8 Å². The lowest BCUT2D eigenvalue weighted by Gasteiger charge is -2.32. The van der Waals surface area contributed by atoms with Crippen molar-refractivity contribution in [1.29, 1.82) is 0 Å². The fraction of sp³-hybridized carbons (Fsp3) is 0.296. The predicted molar refractivity (Wildman–Crippen MR) is 122 cm³/mol. The molecule has 4 heteroatoms. The van der Waals surface area contributed by atoms with Crippen LogP contribution in [0.25, 0.3) is 0 Å². The monoisotopic (exact) mass is 417 g/mol. The van der Waals surface area contributed by atoms with Gasteiger partial charge in [0.05, 0.1) is 0 Å². The smallest absolute Gasteiger partial charge is 0.130 e. The van der Waals surface area contributed by atoms with E-state index in [0.29, 0.717) is 30.8 Å². The first kappa shape index (κ1) is 21.1. The third kappa shape index (κ3) is 5.32. The van der Waals surface area contributed by atoms with Crippen LogP contribution in [0, 0.1) is 5.82 Å². The van der Waals surface area contributed by atoms with Crippen molar-refractivity contribution in [1.82, 2.24) is 0 Å². The highest BCUT2D eigenvalue weighted by molar-refractivity contribution is 5.58. The Hall–Kier alpha value is -3.14. The summed E-state index contributed by atoms with van der Waals surface area (Å²) in [6.07, 6.45) is 4.74. The van der Waals surface area contributed by atoms with Crippen molar-refractivity contribution >= 4 is 12.0 Å². The van der Waals surface area contributed by atoms with Crippen LogP contribution in [0.3, 0.4) is 0 Å². The van der Waals surface area contributed by atoms with Crippen LogP contribution in [0.4, 0.5) is 10.1 Å². The van der Waals surface area contributed by atoms with Crippen molar-refractivity contribution in [2.45, 2.75) is 38.7 Å². The first-order valence-corrected chi connectivity index (χ1v) is 11.0. The highest BCUT2D eigenvalue weighted by atomic mass is 19.1. The number of fused-ring (bicyclic) bond motifs is 1. The van der Waals surface area contributed by atoms with Crippen molar-refractivity contribution in [2.24, 2.45) is 0 Å². The zero-order valence-electron chi connectivity index (χ0n) is 17.7. The first-order valence-electron chi connectivity index (χ1n) is 11.0. The van der Waals surface area contributed by atoms with Gasteiger partial charge in [0.1, 0.15) is 24.5 Å². The van der Waals surface area contributed by atoms with Gasteiger partial charge >= 0.3 is 0 Å². The fourth-order valence-electron chi connectivity index (χ4n) is 4.25. The highest BCUT2D eigenvalue weighted by Crippen LogP contribution is 2.31. The average Bonchev–Trinajstić information content (AvgIpc) is 2.81. The Balaban J connectivity index is 1.43. The lowest BCUT2D eigenvalue weighted by atomic mass is 9.96. The van der Waals surface area contributed by atoms with E-state index < -0.39 is 0 Å². The number of aryl methyl sites for hydroxylation is 1. The molecule has 0 aromatic heterocycles. The van der Waals surface area contributed by atoms with Crippen LogP contribution in [0.5, 0.6) is 5.75 Å². The molecule has 0 bridgehead atoms. The molecule has 1 heterocycles. The molecule has 0 fully saturated rings. The van der Waals surface area contributed by atoms with Gasteiger partial charge in [0.25, 0.3) is 0 Å². The summed E-state index contributed by atoms with van der Waals surface area (Å²) in [4.78, 5) is 13.0. The van der Waals surface area contributed by atoms with Gasteiger partial charge < -0.3 is 14.4 Å². The molecule has 0 saturated carbocycles. The number of carbonyl (C=O) groups is 1. The summed E-state index contributed by atoms with van der Waals surface area (Å²) in [6, 6.07) is 21.9. The fourth-order valence-corrected chi connectivity index (χ4v) is 4.25. The van der Waals surface area contributed by atoms with Crippen LogP contribution in [0.2, 0.25) is 0 Å². The summed E-state index contributed by atoms with van der Waals surface area (Å²) in [5.74, 6) is 0.197. The standard InChI is InChI=1S/C27H28FNO2/c28-26-19-24(14-13-22(26)10-6-18-30)31-20-23-9-4-12-27-25(23)11-5-16-29(27)17-15-21-7-2-1-3-8-21/h1-4,7-9,12-14,18-19H,5-6,10-11,15-17,20H2. The molecule has 4 rings (SSSR count). The lowest BCUT2D eigenvalue weighted by molar-refractivity contribution is -0.107. The summed E-state index contributed by atoms with van der Waals surface area (Å²) in [6.45, 7) is 2.48. The summed E-state index contributed by atoms with van der Waals surface area (Å²) in [5, 5.41) is 0. The predicted octanol–water partition coefficient (Wildman–Crippen LogP) is 5.53. The molecule has 31 heavy (non-hydrogen) atoms. The molecule has 3 nitrogen and oxygen atoms in total. The Kier molecular flexibility index (Phi) is 6.98. The maximum atomic E-state index is 14.2. The maximum Gasteiger partial charge on any atom is 0.130 e. The quantitative estimate of drug-likeness (QED) is 0.429. The number of ether oxygens (including phenoxy) is 1. The van der Waals surface area contributed by atoms with E-state index in [4.69, 9.17) is 4.74 Å². The SMILES string of the molecule is O=CCCc1ccc(OCc2cccc3c2CCCN3CCc2ccccc2)cc1F. The number of aldehydes is 1. The van der Waals surface area contributed by atoms with Crippen LogP contribution in [0.15, 0.2) is 66.7 Å². The van der Waals surface area contributed by atoms with Gasteiger partial charge in [0.15, 0.2) is 0 Å². The van der Waals surface area contributed by atoms with Crippen LogP contribution in [-0.2, 0) is 30.7 Å². The highest BCUT2D eigenvalue weighted by Gasteiger charge is 2.19. The Labute approximate surface area is 183 Å². The van der Waals surface area contributed by atoms with E-state index in [0.717, 1.165) is 44.2 Å². The molecule has 0 atom stereocenters. The average molecular weight is 418 g/mol. The number of hydrogen-bond acceptors (Lipinski definition) is 3. The van der Waals surface area contributed by atoms with E-state index in [1.54, 1.807) is 12.1 Å². The number of benzene rings is 3.